The number of ether oxygens (including phenoxy) is 1. The molecule has 0 aromatic heterocycles. The van der Waals surface area contributed by atoms with Gasteiger partial charge in [-0.2, -0.15) is 0 Å². The molecule has 0 spiro atoms. The van der Waals surface area contributed by atoms with E-state index in [1.807, 2.05) is 6.07 Å². The second-order valence-electron chi connectivity index (χ2n) is 4.85. The van der Waals surface area contributed by atoms with Crippen molar-refractivity contribution in [2.24, 2.45) is 0 Å². The highest BCUT2D eigenvalue weighted by atomic mass is 16.5. The standard InChI is InChI=1S/C13H19NO/c1-10(2)11-6-4-5-7-12(11)15-13(3)8-14-9-13/h4-7,10,14H,8-9H2,1-3H3. The number of benzene rings is 1. The summed E-state index contributed by atoms with van der Waals surface area (Å²) in [7, 11) is 0. The lowest BCUT2D eigenvalue weighted by atomic mass is 9.98. The Kier molecular flexibility index (Phi) is 2.70. The number of nitrogens with one attached hydrogen (secondary N) is 1. The SMILES string of the molecule is CC(C)c1ccccc1OC1(C)CNC1. The van der Waals surface area contributed by atoms with Crippen molar-refractivity contribution in [2.75, 3.05) is 13.1 Å². The van der Waals surface area contributed by atoms with Crippen molar-refractivity contribution in [2.45, 2.75) is 32.3 Å². The maximum Gasteiger partial charge on any atom is 0.131 e. The summed E-state index contributed by atoms with van der Waals surface area (Å²) in [5, 5.41) is 3.25. The van der Waals surface area contributed by atoms with Gasteiger partial charge in [-0.3, -0.25) is 0 Å². The number of hydrogen-bond acceptors (Lipinski definition) is 2. The summed E-state index contributed by atoms with van der Waals surface area (Å²) >= 11 is 0. The van der Waals surface area contributed by atoms with Crippen LogP contribution in [0.5, 0.6) is 5.75 Å². The van der Waals surface area contributed by atoms with Gasteiger partial charge in [0.1, 0.15) is 11.4 Å². The molecule has 1 aromatic rings. The van der Waals surface area contributed by atoms with Crippen molar-refractivity contribution in [3.05, 3.63) is 29.8 Å². The summed E-state index contributed by atoms with van der Waals surface area (Å²) < 4.78 is 6.07. The van der Waals surface area contributed by atoms with E-state index < -0.39 is 0 Å². The summed E-state index contributed by atoms with van der Waals surface area (Å²) in [5.41, 5.74) is 1.29. The van der Waals surface area contributed by atoms with Gasteiger partial charge in [-0.1, -0.05) is 32.0 Å². The highest BCUT2D eigenvalue weighted by Crippen LogP contribution is 2.30. The molecule has 0 bridgehead atoms. The molecule has 0 aliphatic carbocycles. The monoisotopic (exact) mass is 205 g/mol. The highest BCUT2D eigenvalue weighted by Gasteiger charge is 2.34. The molecule has 1 saturated heterocycles. The van der Waals surface area contributed by atoms with Crippen molar-refractivity contribution in [1.82, 2.24) is 5.32 Å². The lowest BCUT2D eigenvalue weighted by Crippen LogP contribution is -2.61. The van der Waals surface area contributed by atoms with Gasteiger partial charge in [-0.05, 0) is 24.5 Å². The highest BCUT2D eigenvalue weighted by molar-refractivity contribution is 5.36. The Bertz CT molecular complexity index is 342. The van der Waals surface area contributed by atoms with Crippen molar-refractivity contribution in [3.63, 3.8) is 0 Å². The molecule has 82 valence electrons. The summed E-state index contributed by atoms with van der Waals surface area (Å²) in [6.45, 7) is 8.44. The zero-order valence-corrected chi connectivity index (χ0v) is 9.71. The Labute approximate surface area is 91.6 Å². The summed E-state index contributed by atoms with van der Waals surface area (Å²) in [6.07, 6.45) is 0. The normalized spacial score (nSPS) is 18.7. The second kappa shape index (κ2) is 3.86. The van der Waals surface area contributed by atoms with Crippen LogP contribution in [0.2, 0.25) is 0 Å². The molecule has 2 nitrogen and oxygen atoms in total. The first-order chi connectivity index (χ1) is 7.11. The van der Waals surface area contributed by atoms with Crippen molar-refractivity contribution in [1.29, 1.82) is 0 Å². The fraction of sp³-hybridized carbons (Fsp3) is 0.538. The molecule has 1 fully saturated rings. The molecule has 0 unspecified atom stereocenters. The third-order valence-corrected chi connectivity index (χ3v) is 2.90. The molecular weight excluding hydrogens is 186 g/mol. The van der Waals surface area contributed by atoms with Crippen LogP contribution in [0.3, 0.4) is 0 Å². The summed E-state index contributed by atoms with van der Waals surface area (Å²) in [6, 6.07) is 8.33. The van der Waals surface area contributed by atoms with Crippen molar-refractivity contribution >= 4 is 0 Å². The van der Waals surface area contributed by atoms with Crippen LogP contribution in [-0.4, -0.2) is 18.7 Å². The molecule has 15 heavy (non-hydrogen) atoms. The summed E-state index contributed by atoms with van der Waals surface area (Å²) in [4.78, 5) is 0. The van der Waals surface area contributed by atoms with E-state index in [4.69, 9.17) is 4.74 Å². The smallest absolute Gasteiger partial charge is 0.131 e. The van der Waals surface area contributed by atoms with Crippen LogP contribution in [0.1, 0.15) is 32.3 Å². The largest absolute Gasteiger partial charge is 0.485 e. The number of para-hydroxylation sites is 1. The van der Waals surface area contributed by atoms with Gasteiger partial charge in [-0.25, -0.2) is 0 Å². The van der Waals surface area contributed by atoms with Gasteiger partial charge in [-0.15, -0.1) is 0 Å². The van der Waals surface area contributed by atoms with E-state index in [2.05, 4.69) is 44.3 Å². The van der Waals surface area contributed by atoms with Gasteiger partial charge in [0.25, 0.3) is 0 Å². The Morgan fingerprint density at radius 2 is 1.93 bits per heavy atom. The van der Waals surface area contributed by atoms with Gasteiger partial charge in [0.15, 0.2) is 0 Å². The van der Waals surface area contributed by atoms with Crippen LogP contribution in [0.15, 0.2) is 24.3 Å². The predicted molar refractivity (Wildman–Crippen MR) is 62.4 cm³/mol. The lowest BCUT2D eigenvalue weighted by molar-refractivity contribution is 0.0337. The maximum absolute atomic E-state index is 6.07. The molecule has 0 saturated carbocycles. The van der Waals surface area contributed by atoms with Gasteiger partial charge >= 0.3 is 0 Å². The molecule has 0 amide bonds. The molecule has 1 heterocycles. The molecule has 1 aliphatic rings. The average Bonchev–Trinajstić information content (AvgIpc) is 2.16. The Morgan fingerprint density at radius 3 is 2.47 bits per heavy atom. The van der Waals surface area contributed by atoms with Crippen LogP contribution >= 0.6 is 0 Å². The molecule has 2 heteroatoms. The average molecular weight is 205 g/mol. The van der Waals surface area contributed by atoms with Gasteiger partial charge < -0.3 is 10.1 Å². The van der Waals surface area contributed by atoms with Crippen LogP contribution < -0.4 is 10.1 Å². The first-order valence-electron chi connectivity index (χ1n) is 5.59. The molecule has 0 atom stereocenters. The Balaban J connectivity index is 2.20. The van der Waals surface area contributed by atoms with E-state index in [-0.39, 0.29) is 5.60 Å². The van der Waals surface area contributed by atoms with Crippen LogP contribution in [0, 0.1) is 0 Å². The first kappa shape index (κ1) is 10.5. The third kappa shape index (κ3) is 2.15. The van der Waals surface area contributed by atoms with Gasteiger partial charge in [0, 0.05) is 13.1 Å². The van der Waals surface area contributed by atoms with E-state index in [1.165, 1.54) is 5.56 Å². The maximum atomic E-state index is 6.07. The minimum atomic E-state index is -0.00894. The topological polar surface area (TPSA) is 21.3 Å². The van der Waals surface area contributed by atoms with E-state index >= 15 is 0 Å². The quantitative estimate of drug-likeness (QED) is 0.818. The fourth-order valence-corrected chi connectivity index (χ4v) is 1.87. The van der Waals surface area contributed by atoms with Crippen LogP contribution in [0.4, 0.5) is 0 Å². The van der Waals surface area contributed by atoms with E-state index in [0.717, 1.165) is 18.8 Å². The lowest BCUT2D eigenvalue weighted by Gasteiger charge is -2.40. The zero-order chi connectivity index (χ0) is 10.9. The Morgan fingerprint density at radius 1 is 1.27 bits per heavy atom. The van der Waals surface area contributed by atoms with E-state index in [1.54, 1.807) is 0 Å². The minimum absolute atomic E-state index is 0.00894. The van der Waals surface area contributed by atoms with Crippen molar-refractivity contribution < 1.29 is 4.74 Å². The molecule has 1 aromatic carbocycles. The predicted octanol–water partition coefficient (Wildman–Crippen LogP) is 2.55. The number of hydrogen-bond donors (Lipinski definition) is 1. The second-order valence-corrected chi connectivity index (χ2v) is 4.85. The van der Waals surface area contributed by atoms with Gasteiger partial charge in [0.2, 0.25) is 0 Å². The van der Waals surface area contributed by atoms with Crippen molar-refractivity contribution in [3.8, 4) is 5.75 Å². The third-order valence-electron chi connectivity index (χ3n) is 2.90. The molecule has 2 rings (SSSR count). The molecule has 0 radical (unpaired) electrons. The summed E-state index contributed by atoms with van der Waals surface area (Å²) in [5.74, 6) is 1.55. The van der Waals surface area contributed by atoms with Crippen LogP contribution in [0.25, 0.3) is 0 Å². The van der Waals surface area contributed by atoms with Gasteiger partial charge in [0.05, 0.1) is 0 Å². The first-order valence-corrected chi connectivity index (χ1v) is 5.59. The fourth-order valence-electron chi connectivity index (χ4n) is 1.87. The minimum Gasteiger partial charge on any atom is -0.485 e. The van der Waals surface area contributed by atoms with E-state index in [0.29, 0.717) is 5.92 Å². The zero-order valence-electron chi connectivity index (χ0n) is 9.71. The van der Waals surface area contributed by atoms with E-state index in [9.17, 15) is 0 Å². The molecular formula is C13H19NO. The molecule has 1 N–H and O–H groups in total. The number of rotatable bonds is 3. The molecule has 1 aliphatic heterocycles. The Hall–Kier alpha value is -1.02. The van der Waals surface area contributed by atoms with Crippen LogP contribution in [-0.2, 0) is 0 Å².